The largest absolute Gasteiger partial charge is 0.468 e. The van der Waals surface area contributed by atoms with Crippen molar-refractivity contribution in [2.45, 2.75) is 50.2 Å². The molecule has 0 radical (unpaired) electrons. The monoisotopic (exact) mass is 314 g/mol. The Morgan fingerprint density at radius 1 is 1.52 bits per heavy atom. The van der Waals surface area contributed by atoms with Gasteiger partial charge >= 0.3 is 5.97 Å². The van der Waals surface area contributed by atoms with E-state index in [4.69, 9.17) is 4.74 Å². The van der Waals surface area contributed by atoms with Crippen LogP contribution >= 0.6 is 11.8 Å². The van der Waals surface area contributed by atoms with Crippen LogP contribution in [0.3, 0.4) is 0 Å². The third kappa shape index (κ3) is 5.67. The second-order valence-corrected chi connectivity index (χ2v) is 6.34. The highest BCUT2D eigenvalue weighted by molar-refractivity contribution is 7.99. The summed E-state index contributed by atoms with van der Waals surface area (Å²) in [4.78, 5) is 11.9. The van der Waals surface area contributed by atoms with E-state index < -0.39 is 5.54 Å². The van der Waals surface area contributed by atoms with Crippen LogP contribution in [0.4, 0.5) is 0 Å². The second kappa shape index (κ2) is 9.04. The van der Waals surface area contributed by atoms with Crippen molar-refractivity contribution in [3.8, 4) is 0 Å². The SMILES string of the molecule is CCCNC(C)(CCCCSc1nncn1C)C(=O)OC. The van der Waals surface area contributed by atoms with E-state index in [-0.39, 0.29) is 5.97 Å². The Labute approximate surface area is 131 Å². The molecule has 0 aromatic carbocycles. The Hall–Kier alpha value is -1.08. The van der Waals surface area contributed by atoms with Gasteiger partial charge in [-0.1, -0.05) is 25.1 Å². The third-order valence-electron chi connectivity index (χ3n) is 3.37. The van der Waals surface area contributed by atoms with Crippen molar-refractivity contribution in [2.75, 3.05) is 19.4 Å². The Morgan fingerprint density at radius 2 is 2.29 bits per heavy atom. The van der Waals surface area contributed by atoms with Crippen LogP contribution in [0, 0.1) is 0 Å². The molecule has 0 aliphatic rings. The number of aromatic nitrogens is 3. The topological polar surface area (TPSA) is 69.0 Å². The Morgan fingerprint density at radius 3 is 2.86 bits per heavy atom. The third-order valence-corrected chi connectivity index (χ3v) is 4.49. The molecule has 120 valence electrons. The molecular formula is C14H26N4O2S. The normalized spacial score (nSPS) is 13.9. The lowest BCUT2D eigenvalue weighted by Gasteiger charge is -2.28. The van der Waals surface area contributed by atoms with E-state index in [1.807, 2.05) is 18.5 Å². The molecule has 0 bridgehead atoms. The van der Waals surface area contributed by atoms with Crippen molar-refractivity contribution < 1.29 is 9.53 Å². The van der Waals surface area contributed by atoms with Gasteiger partial charge in [-0.05, 0) is 32.7 Å². The van der Waals surface area contributed by atoms with Gasteiger partial charge in [0.15, 0.2) is 5.16 Å². The predicted octanol–water partition coefficient (Wildman–Crippen LogP) is 2.01. The minimum atomic E-state index is -0.583. The smallest absolute Gasteiger partial charge is 0.325 e. The molecule has 0 amide bonds. The molecule has 0 fully saturated rings. The maximum absolute atomic E-state index is 11.9. The summed E-state index contributed by atoms with van der Waals surface area (Å²) < 4.78 is 6.82. The van der Waals surface area contributed by atoms with E-state index >= 15 is 0 Å². The standard InChI is InChI=1S/C14H26N4O2S/c1-5-9-15-14(2,12(19)20-4)8-6-7-10-21-13-17-16-11-18(13)3/h11,15H,5-10H2,1-4H3. The molecule has 6 nitrogen and oxygen atoms in total. The van der Waals surface area contributed by atoms with Crippen LogP contribution < -0.4 is 5.32 Å². The molecule has 1 aromatic rings. The predicted molar refractivity (Wildman–Crippen MR) is 84.3 cm³/mol. The quantitative estimate of drug-likeness (QED) is 0.405. The lowest BCUT2D eigenvalue weighted by molar-refractivity contribution is -0.148. The van der Waals surface area contributed by atoms with Crippen LogP contribution in [-0.4, -0.2) is 45.7 Å². The maximum Gasteiger partial charge on any atom is 0.325 e. The number of aryl methyl sites for hydroxylation is 1. The van der Waals surface area contributed by atoms with Crippen LogP contribution in [0.2, 0.25) is 0 Å². The van der Waals surface area contributed by atoms with Gasteiger partial charge in [0.25, 0.3) is 0 Å². The number of carbonyl (C=O) groups excluding carboxylic acids is 1. The van der Waals surface area contributed by atoms with Gasteiger partial charge in [-0.3, -0.25) is 4.79 Å². The van der Waals surface area contributed by atoms with Crippen molar-refractivity contribution in [3.05, 3.63) is 6.33 Å². The van der Waals surface area contributed by atoms with E-state index in [0.29, 0.717) is 0 Å². The number of nitrogens with one attached hydrogen (secondary N) is 1. The van der Waals surface area contributed by atoms with Gasteiger partial charge in [-0.15, -0.1) is 10.2 Å². The molecule has 1 N–H and O–H groups in total. The summed E-state index contributed by atoms with van der Waals surface area (Å²) in [5, 5.41) is 12.1. The Kier molecular flexibility index (Phi) is 7.74. The average molecular weight is 314 g/mol. The van der Waals surface area contributed by atoms with Crippen LogP contribution in [0.25, 0.3) is 0 Å². The molecule has 0 aliphatic heterocycles. The molecule has 21 heavy (non-hydrogen) atoms. The van der Waals surface area contributed by atoms with E-state index in [9.17, 15) is 4.79 Å². The summed E-state index contributed by atoms with van der Waals surface area (Å²) in [6.07, 6.45) is 5.46. The van der Waals surface area contributed by atoms with Crippen LogP contribution in [0.5, 0.6) is 0 Å². The lowest BCUT2D eigenvalue weighted by Crippen LogP contribution is -2.50. The van der Waals surface area contributed by atoms with Gasteiger partial charge in [0, 0.05) is 12.8 Å². The average Bonchev–Trinajstić information content (AvgIpc) is 2.89. The number of unbranched alkanes of at least 4 members (excludes halogenated alkanes) is 1. The molecule has 0 spiro atoms. The number of carbonyl (C=O) groups is 1. The van der Waals surface area contributed by atoms with Crippen molar-refractivity contribution in [1.29, 1.82) is 0 Å². The molecule has 1 aromatic heterocycles. The zero-order valence-corrected chi connectivity index (χ0v) is 14.2. The number of nitrogens with zero attached hydrogens (tertiary/aromatic N) is 3. The van der Waals surface area contributed by atoms with Gasteiger partial charge < -0.3 is 14.6 Å². The van der Waals surface area contributed by atoms with Crippen molar-refractivity contribution in [3.63, 3.8) is 0 Å². The van der Waals surface area contributed by atoms with Gasteiger partial charge in [0.05, 0.1) is 7.11 Å². The molecule has 1 rings (SSSR count). The van der Waals surface area contributed by atoms with Gasteiger partial charge in [-0.2, -0.15) is 0 Å². The molecule has 0 saturated heterocycles. The molecule has 1 unspecified atom stereocenters. The first-order valence-electron chi connectivity index (χ1n) is 7.33. The highest BCUT2D eigenvalue weighted by Crippen LogP contribution is 2.20. The first-order valence-corrected chi connectivity index (χ1v) is 8.32. The fraction of sp³-hybridized carbons (Fsp3) is 0.786. The molecule has 7 heteroatoms. The van der Waals surface area contributed by atoms with E-state index in [0.717, 1.165) is 43.1 Å². The first kappa shape index (κ1) is 18.0. The van der Waals surface area contributed by atoms with E-state index in [1.165, 1.54) is 7.11 Å². The zero-order chi connectivity index (χ0) is 15.7. The number of hydrogen-bond donors (Lipinski definition) is 1. The second-order valence-electron chi connectivity index (χ2n) is 5.28. The van der Waals surface area contributed by atoms with Crippen molar-refractivity contribution in [1.82, 2.24) is 20.1 Å². The highest BCUT2D eigenvalue weighted by atomic mass is 32.2. The minimum absolute atomic E-state index is 0.183. The van der Waals surface area contributed by atoms with Gasteiger partial charge in [-0.25, -0.2) is 0 Å². The Balaban J connectivity index is 2.33. The Bertz CT molecular complexity index is 438. The summed E-state index contributed by atoms with van der Waals surface area (Å²) in [6, 6.07) is 0. The molecule has 0 aliphatic carbocycles. The zero-order valence-electron chi connectivity index (χ0n) is 13.4. The van der Waals surface area contributed by atoms with Crippen molar-refractivity contribution in [2.24, 2.45) is 7.05 Å². The number of ether oxygens (including phenoxy) is 1. The highest BCUT2D eigenvalue weighted by Gasteiger charge is 2.32. The first-order chi connectivity index (χ1) is 10.0. The van der Waals surface area contributed by atoms with Crippen LogP contribution in [0.1, 0.15) is 39.5 Å². The van der Waals surface area contributed by atoms with E-state index in [2.05, 4.69) is 22.4 Å². The summed E-state index contributed by atoms with van der Waals surface area (Å²) in [6.45, 7) is 4.83. The van der Waals surface area contributed by atoms with Gasteiger partial charge in [0.2, 0.25) is 0 Å². The van der Waals surface area contributed by atoms with Crippen molar-refractivity contribution >= 4 is 17.7 Å². The lowest BCUT2D eigenvalue weighted by atomic mass is 9.95. The fourth-order valence-electron chi connectivity index (χ4n) is 2.04. The number of hydrogen-bond acceptors (Lipinski definition) is 6. The number of thioether (sulfide) groups is 1. The number of rotatable bonds is 10. The summed E-state index contributed by atoms with van der Waals surface area (Å²) in [5.74, 6) is 0.786. The molecule has 0 saturated carbocycles. The molecule has 1 heterocycles. The number of esters is 1. The van der Waals surface area contributed by atoms with E-state index in [1.54, 1.807) is 18.1 Å². The molecular weight excluding hydrogens is 288 g/mol. The number of methoxy groups -OCH3 is 1. The molecule has 1 atom stereocenters. The fourth-order valence-corrected chi connectivity index (χ4v) is 2.92. The summed E-state index contributed by atoms with van der Waals surface area (Å²) in [5.41, 5.74) is -0.583. The summed E-state index contributed by atoms with van der Waals surface area (Å²) in [7, 11) is 3.38. The summed E-state index contributed by atoms with van der Waals surface area (Å²) >= 11 is 1.69. The van der Waals surface area contributed by atoms with Gasteiger partial charge in [0.1, 0.15) is 11.9 Å². The van der Waals surface area contributed by atoms with Crippen LogP contribution in [-0.2, 0) is 16.6 Å². The van der Waals surface area contributed by atoms with Crippen LogP contribution in [0.15, 0.2) is 11.5 Å². The minimum Gasteiger partial charge on any atom is -0.468 e. The maximum atomic E-state index is 11.9.